The summed E-state index contributed by atoms with van der Waals surface area (Å²) in [5, 5.41) is 0.640. The second-order valence-electron chi connectivity index (χ2n) is 5.23. The molecule has 1 aliphatic rings. The molecule has 0 aromatic heterocycles. The Morgan fingerprint density at radius 1 is 1.19 bits per heavy atom. The van der Waals surface area contributed by atoms with E-state index in [2.05, 4.69) is 4.90 Å². The molecule has 1 heterocycles. The predicted octanol–water partition coefficient (Wildman–Crippen LogP) is 2.52. The van der Waals surface area contributed by atoms with Crippen LogP contribution in [0.3, 0.4) is 0 Å². The smallest absolute Gasteiger partial charge is 0.329 e. The van der Waals surface area contributed by atoms with E-state index in [1.54, 1.807) is 6.07 Å². The van der Waals surface area contributed by atoms with Crippen LogP contribution in [0.15, 0.2) is 24.3 Å². The molecule has 1 saturated heterocycles. The van der Waals surface area contributed by atoms with Crippen LogP contribution in [0.5, 0.6) is 0 Å². The Balaban J connectivity index is 1.96. The molecule has 2 rings (SSSR count). The number of nitrogens with two attached hydrogens (primary N) is 1. The highest BCUT2D eigenvalue weighted by atomic mass is 35.5. The number of halogens is 4. The predicted molar refractivity (Wildman–Crippen MR) is 77.3 cm³/mol. The van der Waals surface area contributed by atoms with E-state index >= 15 is 0 Å². The molecule has 1 aromatic carbocycles. The summed E-state index contributed by atoms with van der Waals surface area (Å²) in [7, 11) is 0. The van der Waals surface area contributed by atoms with Gasteiger partial charge in [0.05, 0.1) is 6.54 Å². The van der Waals surface area contributed by atoms with Gasteiger partial charge in [0.25, 0.3) is 0 Å². The highest BCUT2D eigenvalue weighted by molar-refractivity contribution is 6.30. The number of alkyl halides is 3. The Hall–Kier alpha value is -0.820. The van der Waals surface area contributed by atoms with Crippen molar-refractivity contribution in [1.29, 1.82) is 0 Å². The van der Waals surface area contributed by atoms with Crippen LogP contribution >= 0.6 is 11.6 Å². The lowest BCUT2D eigenvalue weighted by atomic mass is 10.0. The van der Waals surface area contributed by atoms with Gasteiger partial charge in [-0.25, -0.2) is 0 Å². The molecular weight excluding hydrogens is 303 g/mol. The van der Waals surface area contributed by atoms with Gasteiger partial charge in [-0.1, -0.05) is 23.7 Å². The lowest BCUT2D eigenvalue weighted by Crippen LogP contribution is -2.51. The molecular formula is C14H19ClF3N3. The molecule has 21 heavy (non-hydrogen) atoms. The zero-order valence-corrected chi connectivity index (χ0v) is 12.4. The molecule has 1 aromatic rings. The van der Waals surface area contributed by atoms with Crippen molar-refractivity contribution in [3.8, 4) is 0 Å². The minimum Gasteiger partial charge on any atom is -0.329 e. The molecule has 1 unspecified atom stereocenters. The number of rotatable bonds is 4. The number of hydrogen-bond acceptors (Lipinski definition) is 3. The molecule has 1 fully saturated rings. The van der Waals surface area contributed by atoms with Gasteiger partial charge in [0, 0.05) is 43.8 Å². The van der Waals surface area contributed by atoms with Crippen molar-refractivity contribution < 1.29 is 13.2 Å². The highest BCUT2D eigenvalue weighted by Gasteiger charge is 2.33. The van der Waals surface area contributed by atoms with Crippen molar-refractivity contribution in [1.82, 2.24) is 9.80 Å². The van der Waals surface area contributed by atoms with Gasteiger partial charge < -0.3 is 5.73 Å². The van der Waals surface area contributed by atoms with Crippen LogP contribution in [0.25, 0.3) is 0 Å². The average Bonchev–Trinajstić information content (AvgIpc) is 2.40. The van der Waals surface area contributed by atoms with E-state index in [-0.39, 0.29) is 6.04 Å². The molecule has 0 radical (unpaired) electrons. The van der Waals surface area contributed by atoms with Gasteiger partial charge in [-0.3, -0.25) is 9.80 Å². The van der Waals surface area contributed by atoms with Crippen molar-refractivity contribution in [2.45, 2.75) is 12.2 Å². The fourth-order valence-electron chi connectivity index (χ4n) is 2.70. The summed E-state index contributed by atoms with van der Waals surface area (Å²) >= 11 is 5.99. The summed E-state index contributed by atoms with van der Waals surface area (Å²) in [6, 6.07) is 7.46. The fraction of sp³-hybridized carbons (Fsp3) is 0.571. The first-order valence-electron chi connectivity index (χ1n) is 6.88. The van der Waals surface area contributed by atoms with E-state index in [9.17, 15) is 13.2 Å². The summed E-state index contributed by atoms with van der Waals surface area (Å²) < 4.78 is 37.1. The number of nitrogens with zero attached hydrogens (tertiary/aromatic N) is 2. The normalized spacial score (nSPS) is 19.7. The average molecular weight is 322 g/mol. The van der Waals surface area contributed by atoms with Crippen LogP contribution < -0.4 is 5.73 Å². The zero-order valence-electron chi connectivity index (χ0n) is 11.6. The molecule has 118 valence electrons. The van der Waals surface area contributed by atoms with E-state index in [0.717, 1.165) is 5.56 Å². The molecule has 0 amide bonds. The van der Waals surface area contributed by atoms with Gasteiger partial charge in [-0.15, -0.1) is 0 Å². The summed E-state index contributed by atoms with van der Waals surface area (Å²) in [5.74, 6) is 0. The highest BCUT2D eigenvalue weighted by Crippen LogP contribution is 2.25. The van der Waals surface area contributed by atoms with Crippen molar-refractivity contribution in [2.75, 3.05) is 39.3 Å². The Morgan fingerprint density at radius 3 is 2.38 bits per heavy atom. The van der Waals surface area contributed by atoms with Gasteiger partial charge >= 0.3 is 6.18 Å². The Morgan fingerprint density at radius 2 is 1.86 bits per heavy atom. The summed E-state index contributed by atoms with van der Waals surface area (Å²) in [5.41, 5.74) is 6.85. The molecule has 0 aliphatic carbocycles. The molecule has 1 aliphatic heterocycles. The minimum absolute atomic E-state index is 0.00302. The van der Waals surface area contributed by atoms with Gasteiger partial charge in [0.15, 0.2) is 0 Å². The SMILES string of the molecule is NCC(c1cccc(Cl)c1)N1CCN(CC(F)(F)F)CC1. The zero-order chi connectivity index (χ0) is 15.5. The topological polar surface area (TPSA) is 32.5 Å². The maximum Gasteiger partial charge on any atom is 0.401 e. The Labute approximate surface area is 127 Å². The van der Waals surface area contributed by atoms with Crippen LogP contribution in [-0.4, -0.2) is 55.2 Å². The van der Waals surface area contributed by atoms with Crippen molar-refractivity contribution in [3.63, 3.8) is 0 Å². The summed E-state index contributed by atoms with van der Waals surface area (Å²) in [4.78, 5) is 3.56. The van der Waals surface area contributed by atoms with E-state index in [0.29, 0.717) is 37.7 Å². The quantitative estimate of drug-likeness (QED) is 0.925. The van der Waals surface area contributed by atoms with Gasteiger partial charge in [0.2, 0.25) is 0 Å². The number of piperazine rings is 1. The maximum absolute atomic E-state index is 12.4. The second-order valence-corrected chi connectivity index (χ2v) is 5.67. The van der Waals surface area contributed by atoms with Crippen molar-refractivity contribution >= 4 is 11.6 Å². The largest absolute Gasteiger partial charge is 0.401 e. The molecule has 3 nitrogen and oxygen atoms in total. The number of hydrogen-bond donors (Lipinski definition) is 1. The standard InChI is InChI=1S/C14H19ClF3N3/c15-12-3-1-2-11(8-12)13(9-19)21-6-4-20(5-7-21)10-14(16,17)18/h1-3,8,13H,4-7,9-10,19H2. The first-order valence-corrected chi connectivity index (χ1v) is 7.25. The lowest BCUT2D eigenvalue weighted by Gasteiger charge is -2.39. The minimum atomic E-state index is -4.14. The van der Waals surface area contributed by atoms with E-state index in [1.807, 2.05) is 18.2 Å². The summed E-state index contributed by atoms with van der Waals surface area (Å²) in [6.07, 6.45) is -4.14. The van der Waals surface area contributed by atoms with Crippen LogP contribution in [0.2, 0.25) is 5.02 Å². The maximum atomic E-state index is 12.4. The van der Waals surface area contributed by atoms with Crippen LogP contribution in [0, 0.1) is 0 Å². The lowest BCUT2D eigenvalue weighted by molar-refractivity contribution is -0.149. The Kier molecular flexibility index (Phi) is 5.48. The molecule has 2 N–H and O–H groups in total. The van der Waals surface area contributed by atoms with Crippen LogP contribution in [0.4, 0.5) is 13.2 Å². The van der Waals surface area contributed by atoms with Gasteiger partial charge in [-0.05, 0) is 17.7 Å². The first-order chi connectivity index (χ1) is 9.89. The third kappa shape index (κ3) is 4.85. The van der Waals surface area contributed by atoms with Gasteiger partial charge in [0.1, 0.15) is 0 Å². The van der Waals surface area contributed by atoms with Gasteiger partial charge in [-0.2, -0.15) is 13.2 Å². The fourth-order valence-corrected chi connectivity index (χ4v) is 2.90. The Bertz CT molecular complexity index is 459. The molecule has 1 atom stereocenters. The molecule has 0 bridgehead atoms. The third-order valence-electron chi connectivity index (χ3n) is 3.71. The monoisotopic (exact) mass is 321 g/mol. The molecule has 7 heteroatoms. The second kappa shape index (κ2) is 6.96. The number of benzene rings is 1. The first kappa shape index (κ1) is 16.5. The van der Waals surface area contributed by atoms with E-state index in [1.165, 1.54) is 4.90 Å². The van der Waals surface area contributed by atoms with E-state index in [4.69, 9.17) is 17.3 Å². The summed E-state index contributed by atoms with van der Waals surface area (Å²) in [6.45, 7) is 1.52. The van der Waals surface area contributed by atoms with Crippen LogP contribution in [-0.2, 0) is 0 Å². The molecule has 0 spiro atoms. The molecule has 0 saturated carbocycles. The van der Waals surface area contributed by atoms with Crippen molar-refractivity contribution in [2.24, 2.45) is 5.73 Å². The van der Waals surface area contributed by atoms with E-state index < -0.39 is 12.7 Å². The van der Waals surface area contributed by atoms with Crippen LogP contribution in [0.1, 0.15) is 11.6 Å². The third-order valence-corrected chi connectivity index (χ3v) is 3.94. The van der Waals surface area contributed by atoms with Crippen molar-refractivity contribution in [3.05, 3.63) is 34.9 Å².